The third-order valence-electron chi connectivity index (χ3n) is 12.9. The van der Waals surface area contributed by atoms with E-state index in [-0.39, 0.29) is 42.2 Å². The van der Waals surface area contributed by atoms with Crippen molar-refractivity contribution in [2.45, 2.75) is 71.6 Å². The molecular weight excluding hydrogens is 774 g/mol. The second kappa shape index (κ2) is 15.5. The van der Waals surface area contributed by atoms with Gasteiger partial charge >= 0.3 is 0 Å². The Balaban J connectivity index is 0.789. The number of ether oxygens (including phenoxy) is 1. The molecule has 59 heavy (non-hydrogen) atoms. The standard InChI is InChI=1S/C43H48ClN9O6/c1-42(2)40(43(3,4)41(42)59-28-7-5-26(21-45)31(44)20-28)49-36(55)32-22-47-34(23-46-32)52-17-15-50(16-18-52)24-25-11-13-51(14-12-25)27-6-8-29-30(19-27)39(58)53(38(29)57)33-9-10-35(54)48-37(33)56/h5-8,19-20,22-23,25,33,40-41H,9-18,24H2,1-4H3,(H,49,55)(H,48,54,56). The molecule has 2 N–H and O–H groups in total. The Morgan fingerprint density at radius 2 is 1.61 bits per heavy atom. The van der Waals surface area contributed by atoms with Gasteiger partial charge in [0.15, 0.2) is 0 Å². The minimum absolute atomic E-state index is 0.0861. The quantitative estimate of drug-likeness (QED) is 0.296. The van der Waals surface area contributed by atoms with Crippen LogP contribution in [0.3, 0.4) is 0 Å². The molecular formula is C43H48ClN9O6. The van der Waals surface area contributed by atoms with E-state index in [0.717, 1.165) is 75.1 Å². The lowest BCUT2D eigenvalue weighted by atomic mass is 9.49. The zero-order chi connectivity index (χ0) is 41.8. The van der Waals surface area contributed by atoms with E-state index in [1.54, 1.807) is 42.7 Å². The minimum Gasteiger partial charge on any atom is -0.489 e. The molecule has 5 heterocycles. The van der Waals surface area contributed by atoms with E-state index in [1.807, 2.05) is 6.07 Å². The Morgan fingerprint density at radius 3 is 2.25 bits per heavy atom. The van der Waals surface area contributed by atoms with E-state index in [9.17, 15) is 29.2 Å². The number of nitrogens with one attached hydrogen (secondary N) is 2. The molecule has 16 heteroatoms. The van der Waals surface area contributed by atoms with Gasteiger partial charge in [-0.25, -0.2) is 9.97 Å². The van der Waals surface area contributed by atoms with Crippen LogP contribution in [-0.4, -0.2) is 113 Å². The summed E-state index contributed by atoms with van der Waals surface area (Å²) in [5, 5.41) is 15.0. The number of amides is 5. The van der Waals surface area contributed by atoms with Gasteiger partial charge in [-0.1, -0.05) is 39.3 Å². The molecule has 1 unspecified atom stereocenters. The maximum atomic E-state index is 13.4. The zero-order valence-corrected chi connectivity index (χ0v) is 34.4. The van der Waals surface area contributed by atoms with Gasteiger partial charge < -0.3 is 19.9 Å². The largest absolute Gasteiger partial charge is 0.489 e. The summed E-state index contributed by atoms with van der Waals surface area (Å²) in [5.41, 5.74) is 1.31. The molecule has 1 aromatic heterocycles. The Labute approximate surface area is 348 Å². The number of piperidine rings is 2. The fourth-order valence-electron chi connectivity index (χ4n) is 9.96. The van der Waals surface area contributed by atoms with Crippen molar-refractivity contribution in [3.05, 3.63) is 76.2 Å². The number of anilines is 2. The molecule has 15 nitrogen and oxygen atoms in total. The number of piperazine rings is 1. The summed E-state index contributed by atoms with van der Waals surface area (Å²) in [7, 11) is 0. The molecule has 2 aromatic carbocycles. The number of benzene rings is 2. The van der Waals surface area contributed by atoms with Crippen LogP contribution in [0.5, 0.6) is 5.75 Å². The number of nitrogens with zero attached hydrogens (tertiary/aromatic N) is 7. The van der Waals surface area contributed by atoms with E-state index in [2.05, 4.69) is 69.1 Å². The number of hydrogen-bond acceptors (Lipinski definition) is 12. The number of nitriles is 1. The Hall–Kier alpha value is -5.59. The second-order valence-corrected chi connectivity index (χ2v) is 17.9. The number of carbonyl (C=O) groups is 5. The van der Waals surface area contributed by atoms with E-state index < -0.39 is 40.5 Å². The van der Waals surface area contributed by atoms with Gasteiger partial charge in [0.1, 0.15) is 35.5 Å². The number of rotatable bonds is 9. The van der Waals surface area contributed by atoms with Gasteiger partial charge in [0.2, 0.25) is 11.8 Å². The molecule has 1 aliphatic carbocycles. The summed E-state index contributed by atoms with van der Waals surface area (Å²) in [6.45, 7) is 14.3. The Morgan fingerprint density at radius 1 is 0.898 bits per heavy atom. The summed E-state index contributed by atoms with van der Waals surface area (Å²) in [6.07, 6.45) is 5.21. The lowest BCUT2D eigenvalue weighted by Gasteiger charge is -2.63. The molecule has 5 amide bonds. The van der Waals surface area contributed by atoms with Gasteiger partial charge in [-0.3, -0.25) is 39.1 Å². The number of carbonyl (C=O) groups excluding carboxylic acids is 5. The minimum atomic E-state index is -0.979. The molecule has 8 rings (SSSR count). The Kier molecular flexibility index (Phi) is 10.6. The first-order chi connectivity index (χ1) is 28.1. The molecule has 0 bridgehead atoms. The fourth-order valence-corrected chi connectivity index (χ4v) is 10.2. The summed E-state index contributed by atoms with van der Waals surface area (Å²) in [5.74, 6) is -0.447. The lowest BCUT2D eigenvalue weighted by Crippen LogP contribution is -2.74. The van der Waals surface area contributed by atoms with Gasteiger partial charge in [0.05, 0.1) is 34.1 Å². The molecule has 1 atom stereocenters. The van der Waals surface area contributed by atoms with Gasteiger partial charge in [0.25, 0.3) is 17.7 Å². The van der Waals surface area contributed by atoms with Crippen molar-refractivity contribution in [1.82, 2.24) is 30.4 Å². The van der Waals surface area contributed by atoms with Gasteiger partial charge in [-0.2, -0.15) is 5.26 Å². The number of halogens is 1. The smallest absolute Gasteiger partial charge is 0.271 e. The van der Waals surface area contributed by atoms with E-state index in [4.69, 9.17) is 16.3 Å². The van der Waals surface area contributed by atoms with Crippen LogP contribution in [0.25, 0.3) is 0 Å². The maximum absolute atomic E-state index is 13.4. The van der Waals surface area contributed by atoms with Crippen LogP contribution in [0.1, 0.15) is 90.1 Å². The van der Waals surface area contributed by atoms with Crippen LogP contribution in [0.2, 0.25) is 5.02 Å². The summed E-state index contributed by atoms with van der Waals surface area (Å²) in [6, 6.07) is 11.2. The third-order valence-corrected chi connectivity index (χ3v) is 13.2. The number of hydrogen-bond donors (Lipinski definition) is 2. The SMILES string of the molecule is CC1(C)C(NC(=O)c2cnc(N3CCN(CC4CCN(c5ccc6c(c5)C(=O)N(C5CCC(=O)NC5=O)C6=O)CC4)CC3)cn2)C(C)(C)C1Oc1ccc(C#N)c(Cl)c1. The molecule has 0 radical (unpaired) electrons. The van der Waals surface area contributed by atoms with Crippen molar-refractivity contribution in [3.63, 3.8) is 0 Å². The molecule has 308 valence electrons. The molecule has 1 saturated carbocycles. The summed E-state index contributed by atoms with van der Waals surface area (Å²) < 4.78 is 6.35. The highest BCUT2D eigenvalue weighted by Gasteiger charge is 2.64. The highest BCUT2D eigenvalue weighted by molar-refractivity contribution is 6.31. The van der Waals surface area contributed by atoms with Crippen molar-refractivity contribution in [3.8, 4) is 11.8 Å². The average Bonchev–Trinajstić information content (AvgIpc) is 3.47. The number of aromatic nitrogens is 2. The van der Waals surface area contributed by atoms with Crippen molar-refractivity contribution < 1.29 is 28.7 Å². The predicted octanol–water partition coefficient (Wildman–Crippen LogP) is 4.05. The fraction of sp³-hybridized carbons (Fsp3) is 0.488. The average molecular weight is 822 g/mol. The van der Waals surface area contributed by atoms with Crippen molar-refractivity contribution in [1.29, 1.82) is 5.26 Å². The zero-order valence-electron chi connectivity index (χ0n) is 33.7. The number of imide groups is 2. The predicted molar refractivity (Wildman–Crippen MR) is 218 cm³/mol. The van der Waals surface area contributed by atoms with Crippen LogP contribution in [-0.2, 0) is 9.59 Å². The molecule has 0 spiro atoms. The maximum Gasteiger partial charge on any atom is 0.271 e. The van der Waals surface area contributed by atoms with Crippen molar-refractivity contribution in [2.75, 3.05) is 55.6 Å². The first-order valence-electron chi connectivity index (χ1n) is 20.2. The second-order valence-electron chi connectivity index (χ2n) is 17.5. The van der Waals surface area contributed by atoms with E-state index in [1.165, 1.54) is 0 Å². The van der Waals surface area contributed by atoms with Crippen molar-refractivity contribution in [2.24, 2.45) is 16.7 Å². The normalized spacial score (nSPS) is 24.3. The first kappa shape index (κ1) is 40.2. The molecule has 4 aliphatic heterocycles. The van der Waals surface area contributed by atoms with E-state index in [0.29, 0.717) is 27.8 Å². The topological polar surface area (TPSA) is 181 Å². The Bertz CT molecular complexity index is 2230. The van der Waals surface area contributed by atoms with Crippen molar-refractivity contribution >= 4 is 52.6 Å². The summed E-state index contributed by atoms with van der Waals surface area (Å²) >= 11 is 6.24. The van der Waals surface area contributed by atoms with Crippen LogP contribution in [0, 0.1) is 28.1 Å². The highest BCUT2D eigenvalue weighted by Crippen LogP contribution is 2.55. The van der Waals surface area contributed by atoms with Gasteiger partial charge in [-0.05, 0) is 55.5 Å². The van der Waals surface area contributed by atoms with Crippen LogP contribution < -0.4 is 25.2 Å². The van der Waals surface area contributed by atoms with E-state index >= 15 is 0 Å². The molecule has 5 aliphatic rings. The molecule has 3 aromatic rings. The lowest BCUT2D eigenvalue weighted by molar-refractivity contribution is -0.164. The monoisotopic (exact) mass is 821 g/mol. The summed E-state index contributed by atoms with van der Waals surface area (Å²) in [4.78, 5) is 81.0. The first-order valence-corrected chi connectivity index (χ1v) is 20.6. The molecule has 4 fully saturated rings. The third kappa shape index (κ3) is 7.48. The number of fused-ring (bicyclic) bond motifs is 1. The molecule has 3 saturated heterocycles. The van der Waals surface area contributed by atoms with Gasteiger partial charge in [-0.15, -0.1) is 0 Å². The highest BCUT2D eigenvalue weighted by atomic mass is 35.5. The van der Waals surface area contributed by atoms with Crippen LogP contribution in [0.15, 0.2) is 48.8 Å². The van der Waals surface area contributed by atoms with Gasteiger partial charge in [0, 0.05) is 80.9 Å². The van der Waals surface area contributed by atoms with Crippen LogP contribution >= 0.6 is 11.6 Å². The van der Waals surface area contributed by atoms with Crippen LogP contribution in [0.4, 0.5) is 11.5 Å².